The van der Waals surface area contributed by atoms with Crippen LogP contribution in [0.4, 0.5) is 0 Å². The maximum absolute atomic E-state index is 11.1. The summed E-state index contributed by atoms with van der Waals surface area (Å²) >= 11 is 0. The van der Waals surface area contributed by atoms with E-state index < -0.39 is 10.1 Å². The van der Waals surface area contributed by atoms with E-state index in [1.807, 2.05) is 6.07 Å². The Morgan fingerprint density at radius 3 is 1.71 bits per heavy atom. The van der Waals surface area contributed by atoms with Crippen molar-refractivity contribution in [2.45, 2.75) is 4.90 Å². The molecule has 114 valence electrons. The van der Waals surface area contributed by atoms with Gasteiger partial charge in [0.25, 0.3) is 0 Å². The molecule has 0 saturated heterocycles. The Morgan fingerprint density at radius 1 is 0.810 bits per heavy atom. The van der Waals surface area contributed by atoms with Crippen molar-refractivity contribution in [3.8, 4) is 11.1 Å². The lowest BCUT2D eigenvalue weighted by atomic mass is 10.1. The summed E-state index contributed by atoms with van der Waals surface area (Å²) in [5, 5.41) is 0. The molecule has 0 aliphatic carbocycles. The molecule has 2 aromatic carbocycles. The van der Waals surface area contributed by atoms with Gasteiger partial charge in [-0.25, -0.2) is 8.42 Å². The minimum atomic E-state index is -4.43. The van der Waals surface area contributed by atoms with Crippen LogP contribution in [0.3, 0.4) is 0 Å². The van der Waals surface area contributed by atoms with Gasteiger partial charge in [-0.2, -0.15) is 0 Å². The van der Waals surface area contributed by atoms with Crippen LogP contribution >= 0.6 is 0 Å². The van der Waals surface area contributed by atoms with Gasteiger partial charge in [-0.05, 0) is 17.2 Å². The Kier molecular flexibility index (Phi) is 5.66. The summed E-state index contributed by atoms with van der Waals surface area (Å²) in [5.74, 6) is 0. The number of hydrogen-bond acceptors (Lipinski definition) is 3. The van der Waals surface area contributed by atoms with Gasteiger partial charge < -0.3 is 9.04 Å². The van der Waals surface area contributed by atoms with Gasteiger partial charge in [-0.3, -0.25) is 0 Å². The average Bonchev–Trinajstić information content (AvgIpc) is 2.37. The van der Waals surface area contributed by atoms with Crippen LogP contribution in [0.1, 0.15) is 0 Å². The highest BCUT2D eigenvalue weighted by Crippen LogP contribution is 2.26. The first-order valence-electron chi connectivity index (χ1n) is 6.48. The molecule has 0 aliphatic rings. The van der Waals surface area contributed by atoms with Crippen molar-refractivity contribution < 1.29 is 17.5 Å². The predicted molar refractivity (Wildman–Crippen MR) is 83.8 cm³/mol. The molecule has 0 radical (unpaired) electrons. The third-order valence-corrected chi connectivity index (χ3v) is 3.14. The van der Waals surface area contributed by atoms with Crippen LogP contribution in [-0.4, -0.2) is 45.6 Å². The largest absolute Gasteiger partial charge is 0.744 e. The molecule has 0 amide bonds. The lowest BCUT2D eigenvalue weighted by molar-refractivity contribution is -0.849. The fraction of sp³-hybridized carbons (Fsp3) is 0.250. The molecule has 0 bridgehead atoms. The topological polar surface area (TPSA) is 57.2 Å². The Hall–Kier alpha value is -1.69. The fourth-order valence-corrected chi connectivity index (χ4v) is 2.24. The normalized spacial score (nSPS) is 11.5. The third-order valence-electron chi connectivity index (χ3n) is 2.24. The molecular weight excluding hydrogens is 286 g/mol. The van der Waals surface area contributed by atoms with Crippen LogP contribution in [0, 0.1) is 0 Å². The standard InChI is InChI=1S/C12H10O3S.C4H12N/c13-16(14,15)12-9-5-4-8-11(12)10-6-2-1-3-7-10;1-5(2,3)4/h1-9H,(H,13,14,15);1-4H3/q;+1/p-1. The van der Waals surface area contributed by atoms with Crippen LogP contribution in [0.25, 0.3) is 11.1 Å². The molecule has 0 N–H and O–H groups in total. The van der Waals surface area contributed by atoms with E-state index in [1.54, 1.807) is 36.4 Å². The Morgan fingerprint density at radius 2 is 1.24 bits per heavy atom. The monoisotopic (exact) mass is 307 g/mol. The van der Waals surface area contributed by atoms with Crippen molar-refractivity contribution in [2.75, 3.05) is 28.2 Å². The smallest absolute Gasteiger partial charge is 0.125 e. The number of nitrogens with zero attached hydrogens (tertiary/aromatic N) is 1. The second-order valence-corrected chi connectivity index (χ2v) is 7.35. The number of hydrogen-bond donors (Lipinski definition) is 0. The molecule has 0 atom stereocenters. The van der Waals surface area contributed by atoms with Crippen LogP contribution in [-0.2, 0) is 10.1 Å². The predicted octanol–water partition coefficient (Wildman–Crippen LogP) is 2.58. The Labute approximate surface area is 127 Å². The number of quaternary nitrogens is 1. The molecule has 2 rings (SSSR count). The zero-order chi connectivity index (χ0) is 16.1. The summed E-state index contributed by atoms with van der Waals surface area (Å²) in [6.45, 7) is 0. The number of rotatable bonds is 2. The zero-order valence-corrected chi connectivity index (χ0v) is 13.6. The van der Waals surface area contributed by atoms with Gasteiger partial charge in [0.1, 0.15) is 10.1 Å². The van der Waals surface area contributed by atoms with E-state index in [0.717, 1.165) is 10.0 Å². The summed E-state index contributed by atoms with van der Waals surface area (Å²) in [4.78, 5) is -0.179. The highest BCUT2D eigenvalue weighted by atomic mass is 32.2. The molecule has 0 fully saturated rings. The average molecular weight is 307 g/mol. The summed E-state index contributed by atoms with van der Waals surface area (Å²) in [6.07, 6.45) is 0. The lowest BCUT2D eigenvalue weighted by Crippen LogP contribution is -2.27. The van der Waals surface area contributed by atoms with E-state index >= 15 is 0 Å². The minimum absolute atomic E-state index is 0.179. The second-order valence-electron chi connectivity index (χ2n) is 6.00. The van der Waals surface area contributed by atoms with Gasteiger partial charge in [0.2, 0.25) is 0 Å². The molecule has 0 aliphatic heterocycles. The van der Waals surface area contributed by atoms with Crippen molar-refractivity contribution in [3.05, 3.63) is 54.6 Å². The van der Waals surface area contributed by atoms with Gasteiger partial charge in [-0.15, -0.1) is 0 Å². The summed E-state index contributed by atoms with van der Waals surface area (Å²) < 4.78 is 34.2. The highest BCUT2D eigenvalue weighted by Gasteiger charge is 2.08. The first-order valence-corrected chi connectivity index (χ1v) is 7.89. The SMILES string of the molecule is C[N+](C)(C)C.O=S(=O)([O-])c1ccccc1-c1ccccc1. The molecule has 2 aromatic rings. The van der Waals surface area contributed by atoms with E-state index in [-0.39, 0.29) is 4.90 Å². The van der Waals surface area contributed by atoms with E-state index in [4.69, 9.17) is 0 Å². The van der Waals surface area contributed by atoms with Crippen molar-refractivity contribution >= 4 is 10.1 Å². The van der Waals surface area contributed by atoms with Gasteiger partial charge in [0.05, 0.1) is 33.1 Å². The molecule has 0 spiro atoms. The van der Waals surface area contributed by atoms with E-state index in [2.05, 4.69) is 28.2 Å². The summed E-state index contributed by atoms with van der Waals surface area (Å²) in [5.41, 5.74) is 1.16. The summed E-state index contributed by atoms with van der Waals surface area (Å²) in [7, 11) is 4.07. The number of benzene rings is 2. The first-order chi connectivity index (χ1) is 9.59. The minimum Gasteiger partial charge on any atom is -0.744 e. The highest BCUT2D eigenvalue weighted by molar-refractivity contribution is 7.85. The molecule has 4 nitrogen and oxygen atoms in total. The zero-order valence-electron chi connectivity index (χ0n) is 12.8. The molecule has 21 heavy (non-hydrogen) atoms. The van der Waals surface area contributed by atoms with Crippen LogP contribution in [0.5, 0.6) is 0 Å². The van der Waals surface area contributed by atoms with Crippen LogP contribution in [0.15, 0.2) is 59.5 Å². The third kappa shape index (κ3) is 6.53. The van der Waals surface area contributed by atoms with Crippen LogP contribution in [0.2, 0.25) is 0 Å². The van der Waals surface area contributed by atoms with Crippen molar-refractivity contribution in [1.82, 2.24) is 0 Å². The van der Waals surface area contributed by atoms with Gasteiger partial charge in [0, 0.05) is 0 Å². The van der Waals surface area contributed by atoms with E-state index in [1.165, 1.54) is 12.1 Å². The molecule has 5 heteroatoms. The van der Waals surface area contributed by atoms with Crippen molar-refractivity contribution in [1.29, 1.82) is 0 Å². The van der Waals surface area contributed by atoms with Gasteiger partial charge in [-0.1, -0.05) is 48.5 Å². The summed E-state index contributed by atoms with van der Waals surface area (Å²) in [6, 6.07) is 15.2. The fourth-order valence-electron chi connectivity index (χ4n) is 1.54. The van der Waals surface area contributed by atoms with Crippen molar-refractivity contribution in [3.63, 3.8) is 0 Å². The molecule has 0 aromatic heterocycles. The Bertz CT molecular complexity index is 668. The van der Waals surface area contributed by atoms with Crippen molar-refractivity contribution in [2.24, 2.45) is 0 Å². The first kappa shape index (κ1) is 17.4. The quantitative estimate of drug-likeness (QED) is 0.633. The second kappa shape index (κ2) is 6.85. The maximum atomic E-state index is 11.1. The van der Waals surface area contributed by atoms with Gasteiger partial charge in [0.15, 0.2) is 0 Å². The Balaban J connectivity index is 0.000000383. The van der Waals surface area contributed by atoms with Gasteiger partial charge >= 0.3 is 0 Å². The maximum Gasteiger partial charge on any atom is 0.125 e. The van der Waals surface area contributed by atoms with E-state index in [0.29, 0.717) is 5.56 Å². The van der Waals surface area contributed by atoms with Crippen LogP contribution < -0.4 is 0 Å². The molecule has 0 unspecified atom stereocenters. The van der Waals surface area contributed by atoms with E-state index in [9.17, 15) is 13.0 Å². The molecule has 0 saturated carbocycles. The molecular formula is C16H21NO3S. The molecule has 0 heterocycles. The lowest BCUT2D eigenvalue weighted by Gasteiger charge is -2.14.